The summed E-state index contributed by atoms with van der Waals surface area (Å²) in [4.78, 5) is 14.7. The maximum absolute atomic E-state index is 5.86. The summed E-state index contributed by atoms with van der Waals surface area (Å²) in [6.45, 7) is 2.97. The van der Waals surface area contributed by atoms with Crippen LogP contribution in [0.2, 0.25) is 5.28 Å². The zero-order valence-corrected chi connectivity index (χ0v) is 13.5. The van der Waals surface area contributed by atoms with Gasteiger partial charge >= 0.3 is 0 Å². The lowest BCUT2D eigenvalue weighted by molar-refractivity contribution is 0.795. The van der Waals surface area contributed by atoms with E-state index in [-0.39, 0.29) is 5.28 Å². The highest BCUT2D eigenvalue weighted by Gasteiger charge is 2.12. The molecule has 0 radical (unpaired) electrons. The van der Waals surface area contributed by atoms with Crippen LogP contribution in [0.1, 0.15) is 6.92 Å². The average molecular weight is 317 g/mol. The van der Waals surface area contributed by atoms with Crippen LogP contribution >= 0.6 is 11.6 Å². The van der Waals surface area contributed by atoms with Gasteiger partial charge in [0, 0.05) is 32.5 Å². The van der Waals surface area contributed by atoms with Crippen molar-refractivity contribution in [3.05, 3.63) is 35.7 Å². The molecule has 0 saturated heterocycles. The van der Waals surface area contributed by atoms with E-state index in [9.17, 15) is 0 Å². The second-order valence-electron chi connectivity index (χ2n) is 4.85. The Morgan fingerprint density at radius 3 is 2.77 bits per heavy atom. The third kappa shape index (κ3) is 2.46. The molecule has 0 bridgehead atoms. The summed E-state index contributed by atoms with van der Waals surface area (Å²) in [5.74, 6) is 1.60. The second-order valence-corrected chi connectivity index (χ2v) is 5.18. The van der Waals surface area contributed by atoms with Crippen LogP contribution in [0.5, 0.6) is 0 Å². The fraction of sp³-hybridized carbons (Fsp3) is 0.267. The first-order valence-electron chi connectivity index (χ1n) is 7.04. The normalized spacial score (nSPS) is 10.9. The molecule has 1 aromatic carbocycles. The van der Waals surface area contributed by atoms with E-state index in [1.807, 2.05) is 37.2 Å². The van der Waals surface area contributed by atoms with Crippen LogP contribution in [0.25, 0.3) is 11.0 Å². The number of aromatic nitrogens is 4. The monoisotopic (exact) mass is 316 g/mol. The van der Waals surface area contributed by atoms with Crippen molar-refractivity contribution < 1.29 is 0 Å². The predicted molar refractivity (Wildman–Crippen MR) is 90.1 cm³/mol. The zero-order chi connectivity index (χ0) is 15.7. The van der Waals surface area contributed by atoms with E-state index in [1.165, 1.54) is 0 Å². The van der Waals surface area contributed by atoms with Gasteiger partial charge in [-0.25, -0.2) is 15.0 Å². The lowest BCUT2D eigenvalue weighted by Crippen LogP contribution is -2.11. The van der Waals surface area contributed by atoms with E-state index < -0.39 is 0 Å². The van der Waals surface area contributed by atoms with Crippen molar-refractivity contribution in [2.75, 3.05) is 24.3 Å². The predicted octanol–water partition coefficient (Wildman–Crippen LogP) is 3.31. The molecule has 0 saturated carbocycles. The fourth-order valence-corrected chi connectivity index (χ4v) is 2.63. The van der Waals surface area contributed by atoms with E-state index in [4.69, 9.17) is 11.6 Å². The summed E-state index contributed by atoms with van der Waals surface area (Å²) >= 11 is 5.86. The highest BCUT2D eigenvalue weighted by Crippen LogP contribution is 2.27. The van der Waals surface area contributed by atoms with Gasteiger partial charge in [-0.15, -0.1) is 0 Å². The molecule has 3 aromatic rings. The summed E-state index contributed by atoms with van der Waals surface area (Å²) < 4.78 is 2.14. The van der Waals surface area contributed by atoms with Crippen LogP contribution < -0.4 is 10.2 Å². The Labute approximate surface area is 133 Å². The number of imidazole rings is 1. The summed E-state index contributed by atoms with van der Waals surface area (Å²) in [5.41, 5.74) is 3.03. The van der Waals surface area contributed by atoms with Crippen LogP contribution in [0.3, 0.4) is 0 Å². The Kier molecular flexibility index (Phi) is 3.85. The first-order valence-corrected chi connectivity index (χ1v) is 7.42. The molecule has 1 N–H and O–H groups in total. The van der Waals surface area contributed by atoms with Gasteiger partial charge in [0.25, 0.3) is 0 Å². The molecule has 7 heteroatoms. The largest absolute Gasteiger partial charge is 0.359 e. The molecule has 0 amide bonds. The van der Waals surface area contributed by atoms with Crippen LogP contribution in [0.4, 0.5) is 17.5 Å². The van der Waals surface area contributed by atoms with Crippen molar-refractivity contribution >= 4 is 40.1 Å². The molecule has 0 unspecified atom stereocenters. The van der Waals surface area contributed by atoms with Crippen molar-refractivity contribution in [2.24, 2.45) is 0 Å². The minimum atomic E-state index is 0.234. The SMILES string of the molecule is CCn1c(NC)nc2cc(N(C)c3ccnc(Cl)n3)ccc21. The van der Waals surface area contributed by atoms with Crippen LogP contribution in [0.15, 0.2) is 30.5 Å². The fourth-order valence-electron chi connectivity index (χ4n) is 2.48. The van der Waals surface area contributed by atoms with Gasteiger partial charge in [-0.1, -0.05) is 0 Å². The van der Waals surface area contributed by atoms with Gasteiger partial charge in [-0.3, -0.25) is 0 Å². The lowest BCUT2D eigenvalue weighted by Gasteiger charge is -2.18. The van der Waals surface area contributed by atoms with E-state index in [0.29, 0.717) is 0 Å². The average Bonchev–Trinajstić information content (AvgIpc) is 2.90. The molecule has 6 nitrogen and oxygen atoms in total. The molecule has 3 rings (SSSR count). The number of anilines is 3. The summed E-state index contributed by atoms with van der Waals surface area (Å²) in [7, 11) is 3.82. The van der Waals surface area contributed by atoms with Crippen LogP contribution in [-0.2, 0) is 6.54 Å². The number of rotatable bonds is 4. The summed E-state index contributed by atoms with van der Waals surface area (Å²) in [5, 5.41) is 3.36. The maximum atomic E-state index is 5.86. The number of nitrogens with zero attached hydrogens (tertiary/aromatic N) is 5. The Morgan fingerprint density at radius 2 is 2.09 bits per heavy atom. The molecule has 0 atom stereocenters. The van der Waals surface area contributed by atoms with Gasteiger partial charge < -0.3 is 14.8 Å². The van der Waals surface area contributed by atoms with Crippen molar-refractivity contribution in [1.82, 2.24) is 19.5 Å². The molecule has 22 heavy (non-hydrogen) atoms. The molecule has 0 spiro atoms. The van der Waals surface area contributed by atoms with Crippen molar-refractivity contribution in [2.45, 2.75) is 13.5 Å². The summed E-state index contributed by atoms with van der Waals surface area (Å²) in [6, 6.07) is 7.98. The van der Waals surface area contributed by atoms with Crippen molar-refractivity contribution in [3.8, 4) is 0 Å². The van der Waals surface area contributed by atoms with Gasteiger partial charge in [0.05, 0.1) is 11.0 Å². The molecule has 2 heterocycles. The number of nitrogens with one attached hydrogen (secondary N) is 1. The first-order chi connectivity index (χ1) is 10.6. The molecule has 0 aliphatic rings. The van der Waals surface area contributed by atoms with Gasteiger partial charge in [0.15, 0.2) is 0 Å². The van der Waals surface area contributed by atoms with Gasteiger partial charge in [0.2, 0.25) is 11.2 Å². The van der Waals surface area contributed by atoms with Gasteiger partial charge in [-0.05, 0) is 42.8 Å². The third-order valence-corrected chi connectivity index (χ3v) is 3.80. The number of fused-ring (bicyclic) bond motifs is 1. The van der Waals surface area contributed by atoms with Gasteiger partial charge in [0.1, 0.15) is 5.82 Å². The standard InChI is InChI=1S/C15H17ClN6/c1-4-22-12-6-5-10(9-11(12)19-15(22)17-2)21(3)13-7-8-18-14(16)20-13/h5-9H,4H2,1-3H3,(H,17,19). The Hall–Kier alpha value is -2.34. The second kappa shape index (κ2) is 5.81. The van der Waals surface area contributed by atoms with Gasteiger partial charge in [-0.2, -0.15) is 0 Å². The smallest absolute Gasteiger partial charge is 0.224 e. The highest BCUT2D eigenvalue weighted by molar-refractivity contribution is 6.28. The molecule has 0 aliphatic carbocycles. The zero-order valence-electron chi connectivity index (χ0n) is 12.7. The van der Waals surface area contributed by atoms with E-state index >= 15 is 0 Å². The van der Waals surface area contributed by atoms with Crippen LogP contribution in [-0.4, -0.2) is 33.6 Å². The summed E-state index contributed by atoms with van der Waals surface area (Å²) in [6.07, 6.45) is 1.64. The minimum absolute atomic E-state index is 0.234. The molecule has 0 fully saturated rings. The number of halogens is 1. The highest BCUT2D eigenvalue weighted by atomic mass is 35.5. The lowest BCUT2D eigenvalue weighted by atomic mass is 10.2. The van der Waals surface area contributed by atoms with E-state index in [2.05, 4.69) is 37.8 Å². The van der Waals surface area contributed by atoms with E-state index in [0.717, 1.165) is 35.0 Å². The Morgan fingerprint density at radius 1 is 1.27 bits per heavy atom. The quantitative estimate of drug-likeness (QED) is 0.748. The first kappa shape index (κ1) is 14.6. The number of benzene rings is 1. The van der Waals surface area contributed by atoms with Crippen LogP contribution in [0, 0.1) is 0 Å². The minimum Gasteiger partial charge on any atom is -0.359 e. The van der Waals surface area contributed by atoms with Crippen molar-refractivity contribution in [3.63, 3.8) is 0 Å². The molecular weight excluding hydrogens is 300 g/mol. The molecular formula is C15H17ClN6. The Bertz CT molecular complexity index is 813. The van der Waals surface area contributed by atoms with Crippen molar-refractivity contribution in [1.29, 1.82) is 0 Å². The number of aryl methyl sites for hydroxylation is 1. The molecule has 0 aliphatic heterocycles. The third-order valence-electron chi connectivity index (χ3n) is 3.61. The number of hydrogen-bond acceptors (Lipinski definition) is 5. The maximum Gasteiger partial charge on any atom is 0.224 e. The molecule has 2 aromatic heterocycles. The topological polar surface area (TPSA) is 58.9 Å². The Balaban J connectivity index is 2.05. The molecule has 114 valence electrons. The number of hydrogen-bond donors (Lipinski definition) is 1. The van der Waals surface area contributed by atoms with E-state index in [1.54, 1.807) is 6.20 Å².